The summed E-state index contributed by atoms with van der Waals surface area (Å²) >= 11 is 0. The SMILES string of the molecule is Cc1cc2cc(CNC3CCCc4cn[nH]c43)oc2cc1C. The normalized spacial score (nSPS) is 17.8. The number of furan rings is 1. The van der Waals surface area contributed by atoms with Gasteiger partial charge in [0.2, 0.25) is 0 Å². The van der Waals surface area contributed by atoms with Gasteiger partial charge in [-0.3, -0.25) is 5.10 Å². The summed E-state index contributed by atoms with van der Waals surface area (Å²) in [6.45, 7) is 5.01. The Bertz CT molecular complexity index is 776. The summed E-state index contributed by atoms with van der Waals surface area (Å²) in [5.41, 5.74) is 6.15. The molecule has 3 aromatic rings. The minimum atomic E-state index is 0.350. The van der Waals surface area contributed by atoms with Gasteiger partial charge in [-0.15, -0.1) is 0 Å². The largest absolute Gasteiger partial charge is 0.460 e. The van der Waals surface area contributed by atoms with Crippen molar-refractivity contribution in [1.82, 2.24) is 15.5 Å². The zero-order chi connectivity index (χ0) is 15.1. The number of fused-ring (bicyclic) bond motifs is 2. The Morgan fingerprint density at radius 1 is 1.27 bits per heavy atom. The van der Waals surface area contributed by atoms with Crippen LogP contribution in [0.3, 0.4) is 0 Å². The van der Waals surface area contributed by atoms with Gasteiger partial charge in [-0.2, -0.15) is 5.10 Å². The second kappa shape index (κ2) is 5.29. The Morgan fingerprint density at radius 2 is 2.14 bits per heavy atom. The van der Waals surface area contributed by atoms with Crippen LogP contribution in [0.1, 0.15) is 47.0 Å². The fourth-order valence-electron chi connectivity index (χ4n) is 3.34. The molecular weight excluding hydrogens is 274 g/mol. The van der Waals surface area contributed by atoms with E-state index in [1.54, 1.807) is 0 Å². The average Bonchev–Trinajstić information content (AvgIpc) is 3.12. The molecule has 1 aliphatic rings. The third kappa shape index (κ3) is 2.33. The Balaban J connectivity index is 1.53. The summed E-state index contributed by atoms with van der Waals surface area (Å²) in [6, 6.07) is 6.82. The van der Waals surface area contributed by atoms with Crippen molar-refractivity contribution in [1.29, 1.82) is 0 Å². The molecule has 4 rings (SSSR count). The smallest absolute Gasteiger partial charge is 0.134 e. The number of hydrogen-bond acceptors (Lipinski definition) is 3. The first-order valence-corrected chi connectivity index (χ1v) is 7.96. The Kier molecular flexibility index (Phi) is 3.26. The summed E-state index contributed by atoms with van der Waals surface area (Å²) in [6.07, 6.45) is 5.44. The minimum Gasteiger partial charge on any atom is -0.460 e. The molecule has 0 bridgehead atoms. The molecule has 2 aromatic heterocycles. The van der Waals surface area contributed by atoms with Crippen LogP contribution in [0.2, 0.25) is 0 Å². The van der Waals surface area contributed by atoms with E-state index in [0.29, 0.717) is 6.04 Å². The van der Waals surface area contributed by atoms with E-state index in [2.05, 4.69) is 47.6 Å². The van der Waals surface area contributed by atoms with Gasteiger partial charge >= 0.3 is 0 Å². The lowest BCUT2D eigenvalue weighted by Gasteiger charge is -2.22. The quantitative estimate of drug-likeness (QED) is 0.769. The van der Waals surface area contributed by atoms with E-state index in [1.165, 1.54) is 34.2 Å². The molecule has 0 saturated heterocycles. The third-order valence-electron chi connectivity index (χ3n) is 4.75. The summed E-state index contributed by atoms with van der Waals surface area (Å²) in [4.78, 5) is 0. The molecule has 0 saturated carbocycles. The highest BCUT2D eigenvalue weighted by molar-refractivity contribution is 5.79. The van der Waals surface area contributed by atoms with Crippen molar-refractivity contribution in [2.45, 2.75) is 45.7 Å². The molecule has 0 aliphatic heterocycles. The molecular formula is C18H21N3O. The summed E-state index contributed by atoms with van der Waals surface area (Å²) < 4.78 is 5.98. The molecule has 0 fully saturated rings. The highest BCUT2D eigenvalue weighted by atomic mass is 16.3. The minimum absolute atomic E-state index is 0.350. The number of rotatable bonds is 3. The Labute approximate surface area is 129 Å². The second-order valence-corrected chi connectivity index (χ2v) is 6.32. The molecule has 22 heavy (non-hydrogen) atoms. The molecule has 1 aromatic carbocycles. The van der Waals surface area contributed by atoms with Crippen LogP contribution in [0.15, 0.2) is 28.8 Å². The van der Waals surface area contributed by atoms with Crippen LogP contribution >= 0.6 is 0 Å². The van der Waals surface area contributed by atoms with Crippen LogP contribution in [0.25, 0.3) is 11.0 Å². The van der Waals surface area contributed by atoms with Crippen molar-refractivity contribution in [3.05, 3.63) is 52.5 Å². The maximum absolute atomic E-state index is 5.98. The van der Waals surface area contributed by atoms with Gasteiger partial charge in [-0.1, -0.05) is 0 Å². The van der Waals surface area contributed by atoms with E-state index in [4.69, 9.17) is 4.42 Å². The van der Waals surface area contributed by atoms with Crippen molar-refractivity contribution < 1.29 is 4.42 Å². The maximum Gasteiger partial charge on any atom is 0.134 e. The van der Waals surface area contributed by atoms with Crippen LogP contribution in [0, 0.1) is 13.8 Å². The molecule has 0 radical (unpaired) electrons. The van der Waals surface area contributed by atoms with E-state index in [1.807, 2.05) is 6.20 Å². The van der Waals surface area contributed by atoms with Crippen molar-refractivity contribution in [3.8, 4) is 0 Å². The Hall–Kier alpha value is -2.07. The van der Waals surface area contributed by atoms with Gasteiger partial charge in [0.05, 0.1) is 18.4 Å². The first-order chi connectivity index (χ1) is 10.7. The van der Waals surface area contributed by atoms with Crippen LogP contribution < -0.4 is 5.32 Å². The zero-order valence-electron chi connectivity index (χ0n) is 13.1. The summed E-state index contributed by atoms with van der Waals surface area (Å²) in [5.74, 6) is 0.992. The average molecular weight is 295 g/mol. The zero-order valence-corrected chi connectivity index (χ0v) is 13.1. The van der Waals surface area contributed by atoms with Crippen molar-refractivity contribution in [2.24, 2.45) is 0 Å². The number of benzene rings is 1. The van der Waals surface area contributed by atoms with Crippen LogP contribution in [-0.4, -0.2) is 10.2 Å². The maximum atomic E-state index is 5.98. The predicted molar refractivity (Wildman–Crippen MR) is 86.8 cm³/mol. The number of aromatic amines is 1. The third-order valence-corrected chi connectivity index (χ3v) is 4.75. The number of nitrogens with one attached hydrogen (secondary N) is 2. The van der Waals surface area contributed by atoms with Gasteiger partial charge in [0.1, 0.15) is 11.3 Å². The van der Waals surface area contributed by atoms with Gasteiger partial charge in [0, 0.05) is 11.4 Å². The molecule has 2 heterocycles. The predicted octanol–water partition coefficient (Wildman–Crippen LogP) is 3.94. The van der Waals surface area contributed by atoms with Gasteiger partial charge < -0.3 is 9.73 Å². The number of hydrogen-bond donors (Lipinski definition) is 2. The van der Waals surface area contributed by atoms with E-state index in [0.717, 1.165) is 30.7 Å². The molecule has 0 spiro atoms. The van der Waals surface area contributed by atoms with Crippen LogP contribution in [-0.2, 0) is 13.0 Å². The lowest BCUT2D eigenvalue weighted by atomic mass is 9.94. The topological polar surface area (TPSA) is 53.9 Å². The highest BCUT2D eigenvalue weighted by Crippen LogP contribution is 2.28. The molecule has 114 valence electrons. The van der Waals surface area contributed by atoms with Gasteiger partial charge in [-0.05, 0) is 68.0 Å². The summed E-state index contributed by atoms with van der Waals surface area (Å²) in [7, 11) is 0. The molecule has 1 aliphatic carbocycles. The fourth-order valence-corrected chi connectivity index (χ4v) is 3.34. The van der Waals surface area contributed by atoms with Crippen molar-refractivity contribution in [3.63, 3.8) is 0 Å². The van der Waals surface area contributed by atoms with Gasteiger partial charge in [0.15, 0.2) is 0 Å². The number of H-pyrrole nitrogens is 1. The van der Waals surface area contributed by atoms with Crippen LogP contribution in [0.5, 0.6) is 0 Å². The first kappa shape index (κ1) is 13.6. The summed E-state index contributed by atoms with van der Waals surface area (Å²) in [5, 5.41) is 12.1. The number of nitrogens with zero attached hydrogens (tertiary/aromatic N) is 1. The first-order valence-electron chi connectivity index (χ1n) is 7.96. The van der Waals surface area contributed by atoms with Crippen molar-refractivity contribution in [2.75, 3.05) is 0 Å². The molecule has 4 nitrogen and oxygen atoms in total. The lowest BCUT2D eigenvalue weighted by Crippen LogP contribution is -2.24. The van der Waals surface area contributed by atoms with E-state index < -0.39 is 0 Å². The standard InChI is InChI=1S/C18H21N3O/c1-11-6-14-8-15(22-17(14)7-12(11)2)10-19-16-5-3-4-13-9-20-21-18(13)16/h6-9,16,19H,3-5,10H2,1-2H3,(H,20,21). The Morgan fingerprint density at radius 3 is 3.05 bits per heavy atom. The van der Waals surface area contributed by atoms with Gasteiger partial charge in [-0.25, -0.2) is 0 Å². The fraction of sp³-hybridized carbons (Fsp3) is 0.389. The molecule has 1 unspecified atom stereocenters. The number of aromatic nitrogens is 2. The molecule has 2 N–H and O–H groups in total. The monoisotopic (exact) mass is 295 g/mol. The van der Waals surface area contributed by atoms with E-state index in [9.17, 15) is 0 Å². The van der Waals surface area contributed by atoms with E-state index >= 15 is 0 Å². The van der Waals surface area contributed by atoms with Gasteiger partial charge in [0.25, 0.3) is 0 Å². The van der Waals surface area contributed by atoms with Crippen molar-refractivity contribution >= 4 is 11.0 Å². The molecule has 1 atom stereocenters. The number of aryl methyl sites for hydroxylation is 3. The second-order valence-electron chi connectivity index (χ2n) is 6.32. The van der Waals surface area contributed by atoms with E-state index in [-0.39, 0.29) is 0 Å². The molecule has 0 amide bonds. The molecule has 4 heteroatoms. The lowest BCUT2D eigenvalue weighted by molar-refractivity contribution is 0.420. The van der Waals surface area contributed by atoms with Crippen LogP contribution in [0.4, 0.5) is 0 Å². The highest BCUT2D eigenvalue weighted by Gasteiger charge is 2.21.